The number of nitrogens with one attached hydrogen (secondary N) is 2. The maximum atomic E-state index is 11.8. The van der Waals surface area contributed by atoms with Gasteiger partial charge in [0.1, 0.15) is 6.33 Å². The van der Waals surface area contributed by atoms with Crippen molar-refractivity contribution in [3.8, 4) is 5.75 Å². The standard InChI is InChI=1S/C11H8N6O2/c18-9-6-3-1-2-4-7(6)14-10(19)8(9)15-17-11-12-5-13-16-11/h1-5H,(H,12,13,16)(H2,14,18,19). The fourth-order valence-electron chi connectivity index (χ4n) is 1.65. The highest BCUT2D eigenvalue weighted by Crippen LogP contribution is 2.30. The number of nitrogens with zero attached hydrogens (tertiary/aromatic N) is 4. The Bertz CT molecular complexity index is 806. The van der Waals surface area contributed by atoms with E-state index in [1.54, 1.807) is 24.3 Å². The van der Waals surface area contributed by atoms with Crippen LogP contribution in [0.5, 0.6) is 5.75 Å². The third-order valence-corrected chi connectivity index (χ3v) is 2.52. The fourth-order valence-corrected chi connectivity index (χ4v) is 1.65. The molecule has 0 fully saturated rings. The Hall–Kier alpha value is -3.03. The van der Waals surface area contributed by atoms with Crippen LogP contribution in [0.15, 0.2) is 45.6 Å². The predicted octanol–water partition coefficient (Wildman–Crippen LogP) is 1.77. The van der Waals surface area contributed by atoms with E-state index in [0.717, 1.165) is 0 Å². The van der Waals surface area contributed by atoms with E-state index in [0.29, 0.717) is 10.9 Å². The normalized spacial score (nSPS) is 11.4. The number of hydrogen-bond donors (Lipinski definition) is 3. The summed E-state index contributed by atoms with van der Waals surface area (Å²) < 4.78 is 0. The van der Waals surface area contributed by atoms with Crippen molar-refractivity contribution in [3.63, 3.8) is 0 Å². The SMILES string of the molecule is O=c1[nH]c2ccccc2c(O)c1N=Nc1ncn[nH]1. The van der Waals surface area contributed by atoms with Gasteiger partial charge in [0, 0.05) is 5.39 Å². The summed E-state index contributed by atoms with van der Waals surface area (Å²) in [6, 6.07) is 6.87. The largest absolute Gasteiger partial charge is 0.505 e. The maximum Gasteiger partial charge on any atom is 0.280 e. The average Bonchev–Trinajstić information content (AvgIpc) is 2.92. The highest BCUT2D eigenvalue weighted by Gasteiger charge is 2.10. The molecule has 0 aliphatic rings. The summed E-state index contributed by atoms with van der Waals surface area (Å²) in [5, 5.41) is 24.0. The lowest BCUT2D eigenvalue weighted by Gasteiger charge is -2.02. The van der Waals surface area contributed by atoms with Crippen molar-refractivity contribution < 1.29 is 5.11 Å². The van der Waals surface area contributed by atoms with Crippen LogP contribution >= 0.6 is 0 Å². The molecular formula is C11H8N6O2. The molecule has 8 nitrogen and oxygen atoms in total. The Balaban J connectivity index is 2.16. The minimum absolute atomic E-state index is 0.145. The number of fused-ring (bicyclic) bond motifs is 1. The number of azo groups is 1. The van der Waals surface area contributed by atoms with Crippen LogP contribution in [0, 0.1) is 0 Å². The van der Waals surface area contributed by atoms with Crippen molar-refractivity contribution in [2.45, 2.75) is 0 Å². The van der Waals surface area contributed by atoms with Gasteiger partial charge in [-0.25, -0.2) is 5.10 Å². The van der Waals surface area contributed by atoms with Gasteiger partial charge in [-0.2, -0.15) is 10.1 Å². The van der Waals surface area contributed by atoms with E-state index < -0.39 is 5.56 Å². The molecule has 0 spiro atoms. The van der Waals surface area contributed by atoms with E-state index >= 15 is 0 Å². The van der Waals surface area contributed by atoms with Crippen LogP contribution in [0.1, 0.15) is 0 Å². The molecule has 3 aromatic rings. The van der Waals surface area contributed by atoms with Crippen LogP contribution in [-0.4, -0.2) is 25.3 Å². The topological polar surface area (TPSA) is 119 Å². The van der Waals surface area contributed by atoms with Crippen LogP contribution in [0.25, 0.3) is 10.9 Å². The number of pyridine rings is 1. The van der Waals surface area contributed by atoms with Crippen molar-refractivity contribution in [1.82, 2.24) is 20.2 Å². The summed E-state index contributed by atoms with van der Waals surface area (Å²) in [6.45, 7) is 0. The Morgan fingerprint density at radius 3 is 2.84 bits per heavy atom. The summed E-state index contributed by atoms with van der Waals surface area (Å²) in [5.41, 5.74) is -0.168. The van der Waals surface area contributed by atoms with Crippen LogP contribution in [0.2, 0.25) is 0 Å². The zero-order valence-electron chi connectivity index (χ0n) is 9.53. The first-order valence-electron chi connectivity index (χ1n) is 5.37. The van der Waals surface area contributed by atoms with Crippen molar-refractivity contribution in [2.24, 2.45) is 10.2 Å². The second-order valence-electron chi connectivity index (χ2n) is 3.71. The highest BCUT2D eigenvalue weighted by atomic mass is 16.3. The molecule has 8 heteroatoms. The monoisotopic (exact) mass is 256 g/mol. The quantitative estimate of drug-likeness (QED) is 0.605. The number of aromatic hydroxyl groups is 1. The van der Waals surface area contributed by atoms with E-state index in [1.807, 2.05) is 0 Å². The fraction of sp³-hybridized carbons (Fsp3) is 0. The number of benzene rings is 1. The zero-order chi connectivity index (χ0) is 13.2. The minimum atomic E-state index is -0.528. The molecule has 0 bridgehead atoms. The van der Waals surface area contributed by atoms with Gasteiger partial charge in [0.2, 0.25) is 0 Å². The van der Waals surface area contributed by atoms with Gasteiger partial charge >= 0.3 is 0 Å². The third kappa shape index (κ3) is 1.95. The molecule has 0 aliphatic heterocycles. The van der Waals surface area contributed by atoms with Crippen LogP contribution in [-0.2, 0) is 0 Å². The Kier molecular flexibility index (Phi) is 2.53. The molecule has 19 heavy (non-hydrogen) atoms. The summed E-state index contributed by atoms with van der Waals surface area (Å²) in [4.78, 5) is 18.1. The molecule has 2 aromatic heterocycles. The molecule has 0 atom stereocenters. The highest BCUT2D eigenvalue weighted by molar-refractivity contribution is 5.88. The second-order valence-corrected chi connectivity index (χ2v) is 3.71. The van der Waals surface area contributed by atoms with Gasteiger partial charge in [-0.1, -0.05) is 12.1 Å². The van der Waals surface area contributed by atoms with Gasteiger partial charge in [0.05, 0.1) is 5.52 Å². The number of hydrogen-bond acceptors (Lipinski definition) is 6. The van der Waals surface area contributed by atoms with Gasteiger partial charge < -0.3 is 10.1 Å². The molecule has 94 valence electrons. The van der Waals surface area contributed by atoms with Gasteiger partial charge in [0.25, 0.3) is 11.5 Å². The minimum Gasteiger partial charge on any atom is -0.505 e. The van der Waals surface area contributed by atoms with Gasteiger partial charge in [0.15, 0.2) is 11.4 Å². The number of rotatable bonds is 2. The van der Waals surface area contributed by atoms with E-state index in [1.165, 1.54) is 6.33 Å². The van der Waals surface area contributed by atoms with E-state index in [4.69, 9.17) is 0 Å². The smallest absolute Gasteiger partial charge is 0.280 e. The lowest BCUT2D eigenvalue weighted by Crippen LogP contribution is -2.04. The summed E-state index contributed by atoms with van der Waals surface area (Å²) in [6.07, 6.45) is 1.26. The lowest BCUT2D eigenvalue weighted by molar-refractivity contribution is 0.481. The van der Waals surface area contributed by atoms with Crippen molar-refractivity contribution >= 4 is 22.5 Å². The van der Waals surface area contributed by atoms with Crippen molar-refractivity contribution in [2.75, 3.05) is 0 Å². The van der Waals surface area contributed by atoms with Crippen molar-refractivity contribution in [1.29, 1.82) is 0 Å². The summed E-state index contributed by atoms with van der Waals surface area (Å²) >= 11 is 0. The number of H-pyrrole nitrogens is 2. The first-order chi connectivity index (χ1) is 9.25. The third-order valence-electron chi connectivity index (χ3n) is 2.52. The Morgan fingerprint density at radius 1 is 1.21 bits per heavy atom. The molecule has 0 radical (unpaired) electrons. The average molecular weight is 256 g/mol. The van der Waals surface area contributed by atoms with E-state index in [2.05, 4.69) is 30.4 Å². The number of aromatic nitrogens is 4. The first kappa shape index (κ1) is 11.1. The molecule has 0 saturated heterocycles. The van der Waals surface area contributed by atoms with Crippen LogP contribution in [0.4, 0.5) is 11.6 Å². The summed E-state index contributed by atoms with van der Waals surface area (Å²) in [5.74, 6) is -0.0745. The molecule has 3 rings (SSSR count). The van der Waals surface area contributed by atoms with E-state index in [9.17, 15) is 9.90 Å². The molecular weight excluding hydrogens is 248 g/mol. The van der Waals surface area contributed by atoms with Crippen LogP contribution in [0.3, 0.4) is 0 Å². The second kappa shape index (κ2) is 4.33. The van der Waals surface area contributed by atoms with Gasteiger partial charge in [-0.15, -0.1) is 10.2 Å². The Morgan fingerprint density at radius 2 is 2.05 bits per heavy atom. The molecule has 2 heterocycles. The molecule has 3 N–H and O–H groups in total. The molecule has 0 unspecified atom stereocenters. The number of aromatic amines is 2. The lowest BCUT2D eigenvalue weighted by atomic mass is 10.2. The molecule has 0 aliphatic carbocycles. The summed E-state index contributed by atoms with van der Waals surface area (Å²) in [7, 11) is 0. The Labute approximate surface area is 105 Å². The zero-order valence-corrected chi connectivity index (χ0v) is 9.53. The van der Waals surface area contributed by atoms with Gasteiger partial charge in [-0.05, 0) is 12.1 Å². The number of para-hydroxylation sites is 1. The van der Waals surface area contributed by atoms with Crippen LogP contribution < -0.4 is 5.56 Å². The maximum absolute atomic E-state index is 11.8. The predicted molar refractivity (Wildman–Crippen MR) is 66.8 cm³/mol. The molecule has 0 saturated carbocycles. The molecule has 1 aromatic carbocycles. The van der Waals surface area contributed by atoms with Crippen molar-refractivity contribution in [3.05, 3.63) is 40.9 Å². The first-order valence-corrected chi connectivity index (χ1v) is 5.37. The van der Waals surface area contributed by atoms with Gasteiger partial charge in [-0.3, -0.25) is 4.79 Å². The molecule has 0 amide bonds. The van der Waals surface area contributed by atoms with E-state index in [-0.39, 0.29) is 17.4 Å².